The summed E-state index contributed by atoms with van der Waals surface area (Å²) in [7, 11) is -4.48. The first-order valence-corrected chi connectivity index (χ1v) is 10.7. The molecule has 2 unspecified atom stereocenters. The van der Waals surface area contributed by atoms with E-state index in [0.29, 0.717) is 0 Å². The molecule has 2 N–H and O–H groups in total. The van der Waals surface area contributed by atoms with Gasteiger partial charge in [-0.2, -0.15) is 0 Å². The van der Waals surface area contributed by atoms with Gasteiger partial charge in [0, 0.05) is 13.8 Å². The molecule has 186 valence electrons. The average Bonchev–Trinajstić information content (AvgIpc) is 2.72. The van der Waals surface area contributed by atoms with Crippen molar-refractivity contribution in [1.29, 1.82) is 0 Å². The van der Waals surface area contributed by atoms with Crippen LogP contribution in [0.1, 0.15) is 27.7 Å². The molecule has 0 rings (SSSR count). The van der Waals surface area contributed by atoms with Crippen LogP contribution in [0.15, 0.2) is 0 Å². The minimum atomic E-state index is -4.48. The fourth-order valence-corrected chi connectivity index (χ4v) is 2.63. The summed E-state index contributed by atoms with van der Waals surface area (Å²) in [5.41, 5.74) is 0. The molecule has 15 nitrogen and oxygen atoms in total. The monoisotopic (exact) mass is 489 g/mol. The van der Waals surface area contributed by atoms with Crippen LogP contribution < -0.4 is 5.90 Å². The lowest BCUT2D eigenvalue weighted by molar-refractivity contribution is -0.158. The number of ether oxygens (including phenoxy) is 6. The summed E-state index contributed by atoms with van der Waals surface area (Å²) in [5.74, 6) is 3.59. The highest BCUT2D eigenvalue weighted by molar-refractivity contribution is 7.48. The van der Waals surface area contributed by atoms with Gasteiger partial charge in [-0.1, -0.05) is 0 Å². The summed E-state index contributed by atoms with van der Waals surface area (Å²) < 4.78 is 55.1. The molecule has 0 fully saturated rings. The largest absolute Gasteiger partial charge is 0.508 e. The lowest BCUT2D eigenvalue weighted by Gasteiger charge is -2.22. The Kier molecular flexibility index (Phi) is 15.0. The second-order valence-corrected chi connectivity index (χ2v) is 7.22. The number of hydrogen-bond acceptors (Lipinski definition) is 15. The Balaban J connectivity index is 5.00. The second-order valence-electron chi connectivity index (χ2n) is 5.60. The van der Waals surface area contributed by atoms with E-state index in [-0.39, 0.29) is 13.2 Å². The van der Waals surface area contributed by atoms with Crippen molar-refractivity contribution in [2.45, 2.75) is 39.9 Å². The molecule has 0 aromatic rings. The van der Waals surface area contributed by atoms with E-state index in [1.807, 2.05) is 0 Å². The van der Waals surface area contributed by atoms with E-state index in [0.717, 1.165) is 13.8 Å². The fourth-order valence-electron chi connectivity index (χ4n) is 1.73. The van der Waals surface area contributed by atoms with Gasteiger partial charge in [0.05, 0.1) is 26.4 Å². The maximum atomic E-state index is 12.5. The van der Waals surface area contributed by atoms with Gasteiger partial charge in [-0.15, -0.1) is 0 Å². The molecule has 32 heavy (non-hydrogen) atoms. The van der Waals surface area contributed by atoms with Gasteiger partial charge in [-0.3, -0.25) is 18.6 Å². The zero-order valence-corrected chi connectivity index (χ0v) is 19.0. The normalized spacial score (nSPS) is 14.3. The number of phosphoric acid groups is 1. The predicted molar refractivity (Wildman–Crippen MR) is 102 cm³/mol. The Labute approximate surface area is 184 Å². The quantitative estimate of drug-likeness (QED) is 0.149. The van der Waals surface area contributed by atoms with Gasteiger partial charge in [0.1, 0.15) is 13.2 Å². The van der Waals surface area contributed by atoms with E-state index in [9.17, 15) is 23.7 Å². The molecular weight excluding hydrogens is 461 g/mol. The minimum Gasteiger partial charge on any atom is -0.462 e. The molecule has 0 saturated carbocycles. The summed E-state index contributed by atoms with van der Waals surface area (Å²) >= 11 is 0. The molecule has 0 amide bonds. The molecule has 16 heteroatoms. The van der Waals surface area contributed by atoms with Crippen LogP contribution in [0.25, 0.3) is 0 Å². The maximum Gasteiger partial charge on any atom is 0.508 e. The lowest BCUT2D eigenvalue weighted by atomic mass is 10.4. The Bertz CT molecular complexity index is 657. The minimum absolute atomic E-state index is 0.00146. The van der Waals surface area contributed by atoms with Crippen LogP contribution in [-0.2, 0) is 56.2 Å². The van der Waals surface area contributed by atoms with E-state index in [1.165, 1.54) is 6.92 Å². The first-order chi connectivity index (χ1) is 15.0. The lowest BCUT2D eigenvalue weighted by Crippen LogP contribution is -2.31. The van der Waals surface area contributed by atoms with Gasteiger partial charge in [0.25, 0.3) is 0 Å². The van der Waals surface area contributed by atoms with E-state index >= 15 is 0 Å². The molecule has 0 aromatic heterocycles. The third kappa shape index (κ3) is 14.5. The van der Waals surface area contributed by atoms with Crippen LogP contribution in [0.4, 0.5) is 9.59 Å². The fraction of sp³-hybridized carbons (Fsp3) is 0.750. The second kappa shape index (κ2) is 16.2. The average molecular weight is 489 g/mol. The van der Waals surface area contributed by atoms with Crippen LogP contribution in [0, 0.1) is 0 Å². The van der Waals surface area contributed by atoms with Crippen LogP contribution in [0.3, 0.4) is 0 Å². The van der Waals surface area contributed by atoms with E-state index in [1.54, 1.807) is 6.92 Å². The van der Waals surface area contributed by atoms with Crippen molar-refractivity contribution in [3.63, 3.8) is 0 Å². The molecule has 0 saturated heterocycles. The Morgan fingerprint density at radius 1 is 0.719 bits per heavy atom. The Hall–Kier alpha value is -2.45. The third-order valence-corrected chi connectivity index (χ3v) is 4.13. The molecular formula is C16H28NO14P. The Morgan fingerprint density at radius 2 is 1.22 bits per heavy atom. The van der Waals surface area contributed by atoms with Gasteiger partial charge >= 0.3 is 32.1 Å². The first kappa shape index (κ1) is 29.5. The van der Waals surface area contributed by atoms with E-state index in [4.69, 9.17) is 33.9 Å². The maximum absolute atomic E-state index is 12.5. The number of carbonyl (C=O) groups excluding carboxylic acids is 4. The number of esters is 2. The number of carbonyl (C=O) groups is 4. The highest BCUT2D eigenvalue weighted by Gasteiger charge is 2.32. The highest BCUT2D eigenvalue weighted by Crippen LogP contribution is 2.47. The number of hydrogen-bond donors (Lipinski definition) is 1. The summed E-state index contributed by atoms with van der Waals surface area (Å²) in [4.78, 5) is 45.0. The zero-order chi connectivity index (χ0) is 24.6. The molecule has 0 aliphatic heterocycles. The van der Waals surface area contributed by atoms with Crippen molar-refractivity contribution in [2.24, 2.45) is 5.90 Å². The standard InChI is InChI=1S/C16H28NO14P/c1-5-23-15(20)26-8-14(30-16(21)24-6-2)10-28-32(22,31-17)27-9-13(29-12(4)19)7-25-11(3)18/h13-14H,5-10,17H2,1-4H3/t13-,14?,32?/m1/s1. The van der Waals surface area contributed by atoms with Gasteiger partial charge in [0.15, 0.2) is 12.2 Å². The summed E-state index contributed by atoms with van der Waals surface area (Å²) in [6.07, 6.45) is -4.62. The van der Waals surface area contributed by atoms with Crippen molar-refractivity contribution in [1.82, 2.24) is 0 Å². The molecule has 0 heterocycles. The SMILES string of the molecule is CCOC(=O)OCC(COP(=O)(ON)OC[C@@H](COC(C)=O)OC(C)=O)OC(=O)OCC. The highest BCUT2D eigenvalue weighted by atomic mass is 31.2. The van der Waals surface area contributed by atoms with Gasteiger partial charge in [-0.05, 0) is 13.8 Å². The molecule has 3 atom stereocenters. The number of nitrogens with two attached hydrogens (primary N) is 1. The topological polar surface area (TPSA) is 194 Å². The molecule has 0 spiro atoms. The Morgan fingerprint density at radius 3 is 1.69 bits per heavy atom. The first-order valence-electron chi connectivity index (χ1n) is 9.26. The molecule has 0 aromatic carbocycles. The van der Waals surface area contributed by atoms with Crippen molar-refractivity contribution < 1.29 is 65.8 Å². The molecule has 0 aliphatic carbocycles. The predicted octanol–water partition coefficient (Wildman–Crippen LogP) is 1.23. The smallest absolute Gasteiger partial charge is 0.462 e. The van der Waals surface area contributed by atoms with E-state index < -0.39 is 70.7 Å². The van der Waals surface area contributed by atoms with Gasteiger partial charge in [-0.25, -0.2) is 24.7 Å². The summed E-state index contributed by atoms with van der Waals surface area (Å²) in [5, 5.41) is 0. The van der Waals surface area contributed by atoms with Crippen molar-refractivity contribution in [2.75, 3.05) is 39.6 Å². The van der Waals surface area contributed by atoms with E-state index in [2.05, 4.69) is 14.1 Å². The van der Waals surface area contributed by atoms with Crippen molar-refractivity contribution in [3.8, 4) is 0 Å². The van der Waals surface area contributed by atoms with Crippen LogP contribution in [0.5, 0.6) is 0 Å². The number of rotatable bonds is 15. The van der Waals surface area contributed by atoms with Gasteiger partial charge < -0.3 is 28.4 Å². The molecule has 0 radical (unpaired) electrons. The molecule has 0 bridgehead atoms. The summed E-state index contributed by atoms with van der Waals surface area (Å²) in [6.45, 7) is 3.13. The van der Waals surface area contributed by atoms with Gasteiger partial charge in [0.2, 0.25) is 0 Å². The van der Waals surface area contributed by atoms with Crippen LogP contribution >= 0.6 is 7.82 Å². The number of phosphoric ester groups is 1. The third-order valence-electron chi connectivity index (χ3n) is 2.95. The summed E-state index contributed by atoms with van der Waals surface area (Å²) in [6, 6.07) is 0. The zero-order valence-electron chi connectivity index (χ0n) is 18.1. The molecule has 0 aliphatic rings. The van der Waals surface area contributed by atoms with Crippen LogP contribution in [0.2, 0.25) is 0 Å². The van der Waals surface area contributed by atoms with Crippen molar-refractivity contribution in [3.05, 3.63) is 0 Å². The van der Waals surface area contributed by atoms with Crippen molar-refractivity contribution >= 4 is 32.1 Å². The van der Waals surface area contributed by atoms with Crippen LogP contribution in [-0.4, -0.2) is 76.1 Å².